The van der Waals surface area contributed by atoms with Crippen LogP contribution in [0.25, 0.3) is 0 Å². The Bertz CT molecular complexity index is 860. The van der Waals surface area contributed by atoms with Crippen LogP contribution < -0.4 is 15.5 Å². The standard InChI is InChI=1S/C24H31N3O2/c1-17-13-15-27(16-14-17)19-11-9-18(10-12-19)25-22(28)23(29)26-21-8-6-5-7-20(21)24(2,3)4/h5-12,17H,13-16H2,1-4H3,(H,25,28)(H,26,29). The first kappa shape index (κ1) is 20.9. The number of carbonyl (C=O) groups is 2. The van der Waals surface area contributed by atoms with E-state index in [9.17, 15) is 9.59 Å². The zero-order valence-electron chi connectivity index (χ0n) is 17.8. The van der Waals surface area contributed by atoms with Gasteiger partial charge in [0.1, 0.15) is 0 Å². The SMILES string of the molecule is CC1CCN(c2ccc(NC(=O)C(=O)Nc3ccccc3C(C)(C)C)cc2)CC1. The number of rotatable bonds is 3. The van der Waals surface area contributed by atoms with E-state index in [1.54, 1.807) is 0 Å². The first-order valence-corrected chi connectivity index (χ1v) is 10.3. The number of amides is 2. The van der Waals surface area contributed by atoms with E-state index in [4.69, 9.17) is 0 Å². The second kappa shape index (κ2) is 8.68. The first-order chi connectivity index (χ1) is 13.7. The Labute approximate surface area is 173 Å². The molecule has 2 amide bonds. The highest BCUT2D eigenvalue weighted by Crippen LogP contribution is 2.29. The van der Waals surface area contributed by atoms with Gasteiger partial charge in [-0.25, -0.2) is 0 Å². The van der Waals surface area contributed by atoms with Crippen LogP contribution in [-0.4, -0.2) is 24.9 Å². The number of anilines is 3. The van der Waals surface area contributed by atoms with Crippen molar-refractivity contribution in [1.82, 2.24) is 0 Å². The van der Waals surface area contributed by atoms with Crippen LogP contribution in [0.1, 0.15) is 46.1 Å². The lowest BCUT2D eigenvalue weighted by molar-refractivity contribution is -0.133. The quantitative estimate of drug-likeness (QED) is 0.737. The lowest BCUT2D eigenvalue weighted by Crippen LogP contribution is -2.32. The van der Waals surface area contributed by atoms with E-state index in [0.29, 0.717) is 11.4 Å². The summed E-state index contributed by atoms with van der Waals surface area (Å²) in [4.78, 5) is 27.1. The number of hydrogen-bond donors (Lipinski definition) is 2. The van der Waals surface area contributed by atoms with Crippen molar-refractivity contribution in [2.45, 2.75) is 46.0 Å². The molecule has 2 aromatic rings. The normalized spacial score (nSPS) is 15.1. The fourth-order valence-electron chi connectivity index (χ4n) is 3.64. The second-order valence-electron chi connectivity index (χ2n) is 8.92. The van der Waals surface area contributed by atoms with E-state index in [1.165, 1.54) is 12.8 Å². The Hall–Kier alpha value is -2.82. The molecule has 0 saturated carbocycles. The van der Waals surface area contributed by atoms with Gasteiger partial charge in [0, 0.05) is 30.2 Å². The molecule has 1 aliphatic rings. The van der Waals surface area contributed by atoms with Crippen molar-refractivity contribution in [1.29, 1.82) is 0 Å². The van der Waals surface area contributed by atoms with Crippen LogP contribution >= 0.6 is 0 Å². The number of nitrogens with one attached hydrogen (secondary N) is 2. The molecular weight excluding hydrogens is 362 g/mol. The zero-order chi connectivity index (χ0) is 21.0. The maximum Gasteiger partial charge on any atom is 0.314 e. The molecule has 154 valence electrons. The first-order valence-electron chi connectivity index (χ1n) is 10.3. The summed E-state index contributed by atoms with van der Waals surface area (Å²) < 4.78 is 0. The smallest absolute Gasteiger partial charge is 0.314 e. The second-order valence-corrected chi connectivity index (χ2v) is 8.92. The Morgan fingerprint density at radius 1 is 0.897 bits per heavy atom. The molecule has 1 heterocycles. The molecule has 0 radical (unpaired) electrons. The van der Waals surface area contributed by atoms with E-state index >= 15 is 0 Å². The van der Waals surface area contributed by atoms with Gasteiger partial charge >= 0.3 is 11.8 Å². The van der Waals surface area contributed by atoms with Gasteiger partial charge in [-0.2, -0.15) is 0 Å². The topological polar surface area (TPSA) is 61.4 Å². The van der Waals surface area contributed by atoms with Crippen molar-refractivity contribution in [2.24, 2.45) is 5.92 Å². The lowest BCUT2D eigenvalue weighted by atomic mass is 9.86. The molecule has 0 bridgehead atoms. The Kier molecular flexibility index (Phi) is 6.26. The molecule has 3 rings (SSSR count). The molecule has 1 aliphatic heterocycles. The maximum atomic E-state index is 12.4. The summed E-state index contributed by atoms with van der Waals surface area (Å²) in [5.74, 6) is -0.559. The van der Waals surface area contributed by atoms with Gasteiger partial charge in [-0.1, -0.05) is 45.9 Å². The van der Waals surface area contributed by atoms with Crippen molar-refractivity contribution >= 4 is 28.9 Å². The van der Waals surface area contributed by atoms with E-state index in [1.807, 2.05) is 48.5 Å². The molecule has 5 nitrogen and oxygen atoms in total. The predicted octanol–water partition coefficient (Wildman–Crippen LogP) is 4.80. The maximum absolute atomic E-state index is 12.4. The minimum absolute atomic E-state index is 0.136. The zero-order valence-corrected chi connectivity index (χ0v) is 17.8. The van der Waals surface area contributed by atoms with E-state index in [2.05, 4.69) is 43.2 Å². The average molecular weight is 394 g/mol. The molecule has 1 fully saturated rings. The fraction of sp³-hybridized carbons (Fsp3) is 0.417. The molecule has 0 aromatic heterocycles. The van der Waals surface area contributed by atoms with Crippen LogP contribution in [0, 0.1) is 5.92 Å². The van der Waals surface area contributed by atoms with Crippen molar-refractivity contribution < 1.29 is 9.59 Å². The van der Waals surface area contributed by atoms with E-state index in [-0.39, 0.29) is 5.41 Å². The van der Waals surface area contributed by atoms with Crippen LogP contribution in [0.2, 0.25) is 0 Å². The van der Waals surface area contributed by atoms with Crippen molar-refractivity contribution in [3.8, 4) is 0 Å². The minimum atomic E-state index is -0.673. The van der Waals surface area contributed by atoms with Crippen molar-refractivity contribution in [2.75, 3.05) is 28.6 Å². The summed E-state index contributed by atoms with van der Waals surface area (Å²) in [6.45, 7) is 10.6. The van der Waals surface area contributed by atoms with E-state index in [0.717, 1.165) is 30.3 Å². The van der Waals surface area contributed by atoms with Crippen LogP contribution in [0.4, 0.5) is 17.1 Å². The molecule has 0 spiro atoms. The predicted molar refractivity (Wildman–Crippen MR) is 119 cm³/mol. The Morgan fingerprint density at radius 2 is 1.48 bits per heavy atom. The van der Waals surface area contributed by atoms with Crippen LogP contribution in [-0.2, 0) is 15.0 Å². The molecule has 0 atom stereocenters. The molecule has 2 N–H and O–H groups in total. The fourth-order valence-corrected chi connectivity index (χ4v) is 3.64. The number of benzene rings is 2. The lowest BCUT2D eigenvalue weighted by Gasteiger charge is -2.32. The Morgan fingerprint density at radius 3 is 2.10 bits per heavy atom. The van der Waals surface area contributed by atoms with Gasteiger partial charge in [0.2, 0.25) is 0 Å². The summed E-state index contributed by atoms with van der Waals surface area (Å²) in [7, 11) is 0. The van der Waals surface area contributed by atoms with Gasteiger partial charge in [0.25, 0.3) is 0 Å². The van der Waals surface area contributed by atoms with Crippen molar-refractivity contribution in [3.05, 3.63) is 54.1 Å². The summed E-state index contributed by atoms with van der Waals surface area (Å²) in [5.41, 5.74) is 3.28. The third-order valence-electron chi connectivity index (χ3n) is 5.46. The molecule has 1 saturated heterocycles. The summed E-state index contributed by atoms with van der Waals surface area (Å²) in [6.07, 6.45) is 2.41. The molecule has 0 aliphatic carbocycles. The highest BCUT2D eigenvalue weighted by Gasteiger charge is 2.21. The number of piperidine rings is 1. The van der Waals surface area contributed by atoms with Crippen LogP contribution in [0.15, 0.2) is 48.5 Å². The number of hydrogen-bond acceptors (Lipinski definition) is 3. The van der Waals surface area contributed by atoms with Gasteiger partial charge < -0.3 is 15.5 Å². The molecule has 5 heteroatoms. The van der Waals surface area contributed by atoms with Gasteiger partial charge in [-0.05, 0) is 60.1 Å². The van der Waals surface area contributed by atoms with Crippen molar-refractivity contribution in [3.63, 3.8) is 0 Å². The average Bonchev–Trinajstić information content (AvgIpc) is 2.69. The van der Waals surface area contributed by atoms with Gasteiger partial charge in [0.05, 0.1) is 0 Å². The summed E-state index contributed by atoms with van der Waals surface area (Å²) >= 11 is 0. The Balaban J connectivity index is 1.61. The molecule has 0 unspecified atom stereocenters. The number of carbonyl (C=O) groups excluding carboxylic acids is 2. The van der Waals surface area contributed by atoms with Crippen LogP contribution in [0.3, 0.4) is 0 Å². The van der Waals surface area contributed by atoms with E-state index < -0.39 is 11.8 Å². The summed E-state index contributed by atoms with van der Waals surface area (Å²) in [6, 6.07) is 15.3. The van der Waals surface area contributed by atoms with Gasteiger partial charge in [-0.3, -0.25) is 9.59 Å². The van der Waals surface area contributed by atoms with Gasteiger partial charge in [-0.15, -0.1) is 0 Å². The monoisotopic (exact) mass is 393 g/mol. The van der Waals surface area contributed by atoms with Gasteiger partial charge in [0.15, 0.2) is 0 Å². The third kappa shape index (κ3) is 5.37. The summed E-state index contributed by atoms with van der Waals surface area (Å²) in [5, 5.41) is 5.43. The molecular formula is C24H31N3O2. The molecule has 2 aromatic carbocycles. The molecule has 29 heavy (non-hydrogen) atoms. The highest BCUT2D eigenvalue weighted by molar-refractivity contribution is 6.43. The van der Waals surface area contributed by atoms with Crippen LogP contribution in [0.5, 0.6) is 0 Å². The number of nitrogens with zero attached hydrogens (tertiary/aromatic N) is 1. The minimum Gasteiger partial charge on any atom is -0.372 e. The number of para-hydroxylation sites is 1. The third-order valence-corrected chi connectivity index (χ3v) is 5.46. The highest BCUT2D eigenvalue weighted by atomic mass is 16.2. The largest absolute Gasteiger partial charge is 0.372 e.